The van der Waals surface area contributed by atoms with Gasteiger partial charge in [0.15, 0.2) is 5.69 Å². The molecule has 0 fully saturated rings. The summed E-state index contributed by atoms with van der Waals surface area (Å²) in [6, 6.07) is 3.97. The maximum absolute atomic E-state index is 12.4. The van der Waals surface area contributed by atoms with Crippen LogP contribution in [0.3, 0.4) is 0 Å². The summed E-state index contributed by atoms with van der Waals surface area (Å²) in [5.74, 6) is 0.520. The predicted molar refractivity (Wildman–Crippen MR) is 85.4 cm³/mol. The Morgan fingerprint density at radius 2 is 2.24 bits per heavy atom. The van der Waals surface area contributed by atoms with E-state index in [0.717, 1.165) is 11.3 Å². The molecule has 6 heteroatoms. The molecule has 1 amide bonds. The second kappa shape index (κ2) is 6.67. The van der Waals surface area contributed by atoms with Gasteiger partial charge < -0.3 is 11.1 Å². The Bertz CT molecular complexity index is 610. The molecule has 3 N–H and O–H groups in total. The molecule has 21 heavy (non-hydrogen) atoms. The number of amides is 1. The highest BCUT2D eigenvalue weighted by Crippen LogP contribution is 2.22. The van der Waals surface area contributed by atoms with Crippen LogP contribution in [0.15, 0.2) is 23.7 Å². The van der Waals surface area contributed by atoms with Gasteiger partial charge >= 0.3 is 0 Å². The van der Waals surface area contributed by atoms with Crippen LogP contribution in [0.1, 0.15) is 60.3 Å². The molecule has 0 aromatic carbocycles. The average molecular weight is 304 g/mol. The van der Waals surface area contributed by atoms with Crippen molar-refractivity contribution in [1.29, 1.82) is 0 Å². The number of carbonyl (C=O) groups is 1. The van der Waals surface area contributed by atoms with Crippen LogP contribution in [0.5, 0.6) is 0 Å². The van der Waals surface area contributed by atoms with Gasteiger partial charge in [-0.1, -0.05) is 26.8 Å². The Morgan fingerprint density at radius 3 is 2.81 bits per heavy atom. The highest BCUT2D eigenvalue weighted by atomic mass is 32.1. The van der Waals surface area contributed by atoms with Gasteiger partial charge in [-0.25, -0.2) is 9.97 Å². The average Bonchev–Trinajstić information content (AvgIpc) is 2.98. The Kier molecular flexibility index (Phi) is 4.90. The van der Waals surface area contributed by atoms with Crippen LogP contribution in [-0.4, -0.2) is 15.9 Å². The van der Waals surface area contributed by atoms with E-state index in [0.29, 0.717) is 11.5 Å². The summed E-state index contributed by atoms with van der Waals surface area (Å²) < 4.78 is 0. The van der Waals surface area contributed by atoms with E-state index in [2.05, 4.69) is 15.3 Å². The number of thiophene rings is 1. The third-order valence-electron chi connectivity index (χ3n) is 3.17. The van der Waals surface area contributed by atoms with Crippen molar-refractivity contribution in [2.24, 2.45) is 0 Å². The number of carbonyl (C=O) groups excluding carboxylic acids is 1. The quantitative estimate of drug-likeness (QED) is 0.889. The fourth-order valence-corrected chi connectivity index (χ4v) is 2.82. The molecule has 0 bridgehead atoms. The van der Waals surface area contributed by atoms with Gasteiger partial charge in [0, 0.05) is 10.8 Å². The largest absolute Gasteiger partial charge is 0.396 e. The third kappa shape index (κ3) is 3.58. The summed E-state index contributed by atoms with van der Waals surface area (Å²) in [5, 5.41) is 4.99. The van der Waals surface area contributed by atoms with Crippen molar-refractivity contribution in [1.82, 2.24) is 15.3 Å². The molecule has 1 unspecified atom stereocenters. The highest BCUT2D eigenvalue weighted by molar-refractivity contribution is 7.10. The first kappa shape index (κ1) is 15.4. The number of nitrogens with two attached hydrogens (primary N) is 1. The van der Waals surface area contributed by atoms with Crippen molar-refractivity contribution in [3.63, 3.8) is 0 Å². The molecule has 0 saturated heterocycles. The van der Waals surface area contributed by atoms with Crippen LogP contribution in [0.2, 0.25) is 0 Å². The first-order valence-electron chi connectivity index (χ1n) is 6.99. The first-order valence-corrected chi connectivity index (χ1v) is 7.87. The summed E-state index contributed by atoms with van der Waals surface area (Å²) in [6.07, 6.45) is 2.32. The van der Waals surface area contributed by atoms with Gasteiger partial charge in [-0.2, -0.15) is 0 Å². The third-order valence-corrected chi connectivity index (χ3v) is 4.15. The summed E-state index contributed by atoms with van der Waals surface area (Å²) in [4.78, 5) is 22.0. The van der Waals surface area contributed by atoms with Crippen molar-refractivity contribution in [3.8, 4) is 0 Å². The molecule has 2 aromatic heterocycles. The van der Waals surface area contributed by atoms with Crippen molar-refractivity contribution in [3.05, 3.63) is 40.1 Å². The maximum atomic E-state index is 12.4. The van der Waals surface area contributed by atoms with E-state index < -0.39 is 0 Å². The predicted octanol–water partition coefficient (Wildman–Crippen LogP) is 3.12. The number of nitrogens with zero attached hydrogens (tertiary/aromatic N) is 2. The zero-order chi connectivity index (χ0) is 15.4. The van der Waals surface area contributed by atoms with Crippen LogP contribution in [0.4, 0.5) is 5.69 Å². The van der Waals surface area contributed by atoms with Gasteiger partial charge in [0.25, 0.3) is 5.91 Å². The molecule has 0 aliphatic carbocycles. The Balaban J connectivity index is 2.21. The maximum Gasteiger partial charge on any atom is 0.272 e. The molecule has 2 heterocycles. The van der Waals surface area contributed by atoms with E-state index >= 15 is 0 Å². The van der Waals surface area contributed by atoms with Crippen LogP contribution in [-0.2, 0) is 0 Å². The second-order valence-corrected chi connectivity index (χ2v) is 6.12. The lowest BCUT2D eigenvalue weighted by molar-refractivity contribution is 0.0931. The monoisotopic (exact) mass is 304 g/mol. The zero-order valence-electron chi connectivity index (χ0n) is 12.5. The van der Waals surface area contributed by atoms with Gasteiger partial charge in [-0.05, 0) is 17.9 Å². The Labute approximate surface area is 128 Å². The normalized spacial score (nSPS) is 12.4. The molecule has 0 saturated carbocycles. The summed E-state index contributed by atoms with van der Waals surface area (Å²) in [5.41, 5.74) is 6.40. The van der Waals surface area contributed by atoms with E-state index in [-0.39, 0.29) is 23.6 Å². The van der Waals surface area contributed by atoms with E-state index in [1.807, 2.05) is 38.3 Å². The highest BCUT2D eigenvalue weighted by Gasteiger charge is 2.19. The first-order chi connectivity index (χ1) is 10.0. The molecule has 112 valence electrons. The van der Waals surface area contributed by atoms with Crippen LogP contribution >= 0.6 is 11.3 Å². The lowest BCUT2D eigenvalue weighted by Crippen LogP contribution is -2.29. The number of hydrogen-bond acceptors (Lipinski definition) is 5. The van der Waals surface area contributed by atoms with E-state index in [4.69, 9.17) is 5.73 Å². The molecule has 0 spiro atoms. The van der Waals surface area contributed by atoms with Gasteiger partial charge in [0.05, 0.1) is 17.9 Å². The summed E-state index contributed by atoms with van der Waals surface area (Å²) in [6.45, 7) is 5.99. The Hall–Kier alpha value is -1.95. The van der Waals surface area contributed by atoms with Crippen LogP contribution in [0.25, 0.3) is 0 Å². The van der Waals surface area contributed by atoms with E-state index in [1.54, 1.807) is 11.3 Å². The van der Waals surface area contributed by atoms with Crippen molar-refractivity contribution in [2.75, 3.05) is 5.73 Å². The lowest BCUT2D eigenvalue weighted by Gasteiger charge is -2.16. The van der Waals surface area contributed by atoms with Gasteiger partial charge in [0.1, 0.15) is 5.82 Å². The fourth-order valence-electron chi connectivity index (χ4n) is 1.96. The van der Waals surface area contributed by atoms with Crippen molar-refractivity contribution < 1.29 is 4.79 Å². The van der Waals surface area contributed by atoms with Crippen molar-refractivity contribution in [2.45, 2.75) is 39.2 Å². The second-order valence-electron chi connectivity index (χ2n) is 5.14. The number of anilines is 1. The summed E-state index contributed by atoms with van der Waals surface area (Å²) >= 11 is 1.63. The minimum absolute atomic E-state index is 0.0191. The van der Waals surface area contributed by atoms with Gasteiger partial charge in [-0.3, -0.25) is 4.79 Å². The smallest absolute Gasteiger partial charge is 0.272 e. The number of rotatable bonds is 5. The molecular formula is C15H20N4OS. The van der Waals surface area contributed by atoms with Crippen LogP contribution < -0.4 is 11.1 Å². The number of nitrogens with one attached hydrogen (secondary N) is 1. The fraction of sp³-hybridized carbons (Fsp3) is 0.400. The molecular weight excluding hydrogens is 284 g/mol. The minimum Gasteiger partial charge on any atom is -0.396 e. The SMILES string of the molecule is CCC(NC(=O)c1nc(C(C)C)ncc1N)c1cccs1. The molecule has 1 atom stereocenters. The Morgan fingerprint density at radius 1 is 1.48 bits per heavy atom. The van der Waals surface area contributed by atoms with Gasteiger partial charge in [0.2, 0.25) is 0 Å². The number of aromatic nitrogens is 2. The molecule has 0 aliphatic heterocycles. The zero-order valence-corrected chi connectivity index (χ0v) is 13.3. The van der Waals surface area contributed by atoms with E-state index in [1.165, 1.54) is 6.20 Å². The number of nitrogen functional groups attached to an aromatic ring is 1. The molecule has 0 radical (unpaired) electrons. The minimum atomic E-state index is -0.253. The van der Waals surface area contributed by atoms with Crippen LogP contribution in [0, 0.1) is 0 Å². The van der Waals surface area contributed by atoms with Crippen molar-refractivity contribution >= 4 is 22.9 Å². The lowest BCUT2D eigenvalue weighted by atomic mass is 10.1. The number of hydrogen-bond donors (Lipinski definition) is 2. The molecule has 5 nitrogen and oxygen atoms in total. The topological polar surface area (TPSA) is 80.9 Å². The summed E-state index contributed by atoms with van der Waals surface area (Å²) in [7, 11) is 0. The standard InChI is InChI=1S/C15H20N4OS/c1-4-11(12-6-5-7-21-12)18-15(20)13-10(16)8-17-14(19-13)9(2)3/h5-9,11H,4,16H2,1-3H3,(H,18,20). The molecule has 2 aromatic rings. The van der Waals surface area contributed by atoms with E-state index in [9.17, 15) is 4.79 Å². The molecule has 0 aliphatic rings. The van der Waals surface area contributed by atoms with Gasteiger partial charge in [-0.15, -0.1) is 11.3 Å². The molecule has 2 rings (SSSR count).